The van der Waals surface area contributed by atoms with Gasteiger partial charge in [0.1, 0.15) is 0 Å². The standard InChI is InChI=1S/C17H17N3O5S/c1-11(12-3-6-14(7-4-12)26(22,23)18-2)19-20-17(21)13-5-8-15-16(9-13)25-10-24-15/h3-9,18H,10H2,1-2H3,(H,20,21)/b19-11-. The molecule has 2 aromatic rings. The van der Waals surface area contributed by atoms with E-state index in [1.807, 2.05) is 0 Å². The molecule has 0 bridgehead atoms. The third kappa shape index (κ3) is 3.68. The Morgan fingerprint density at radius 3 is 2.38 bits per heavy atom. The molecule has 0 aliphatic carbocycles. The summed E-state index contributed by atoms with van der Waals surface area (Å²) in [5, 5.41) is 4.06. The van der Waals surface area contributed by atoms with E-state index in [2.05, 4.69) is 15.2 Å². The van der Waals surface area contributed by atoms with Gasteiger partial charge in [0.15, 0.2) is 11.5 Å². The van der Waals surface area contributed by atoms with Gasteiger partial charge in [-0.1, -0.05) is 12.1 Å². The van der Waals surface area contributed by atoms with Crippen LogP contribution in [-0.4, -0.2) is 33.9 Å². The van der Waals surface area contributed by atoms with Crippen LogP contribution in [0.25, 0.3) is 0 Å². The van der Waals surface area contributed by atoms with Crippen molar-refractivity contribution in [3.8, 4) is 11.5 Å². The number of hydrogen-bond acceptors (Lipinski definition) is 6. The van der Waals surface area contributed by atoms with Crippen LogP contribution in [0.2, 0.25) is 0 Å². The molecule has 1 heterocycles. The van der Waals surface area contributed by atoms with Crippen LogP contribution in [-0.2, 0) is 10.0 Å². The summed E-state index contributed by atoms with van der Waals surface area (Å²) in [5.74, 6) is 0.717. The maximum absolute atomic E-state index is 12.2. The van der Waals surface area contributed by atoms with Gasteiger partial charge in [-0.3, -0.25) is 4.79 Å². The average molecular weight is 375 g/mol. The first-order valence-corrected chi connectivity index (χ1v) is 9.17. The summed E-state index contributed by atoms with van der Waals surface area (Å²) < 4.78 is 36.1. The van der Waals surface area contributed by atoms with Gasteiger partial charge in [-0.15, -0.1) is 0 Å². The second-order valence-electron chi connectivity index (χ2n) is 5.44. The molecule has 2 aromatic carbocycles. The number of nitrogens with one attached hydrogen (secondary N) is 2. The summed E-state index contributed by atoms with van der Waals surface area (Å²) in [6, 6.07) is 11.0. The number of ether oxygens (including phenoxy) is 2. The number of fused-ring (bicyclic) bond motifs is 1. The van der Waals surface area contributed by atoms with Crippen LogP contribution in [0.3, 0.4) is 0 Å². The molecule has 2 N–H and O–H groups in total. The number of sulfonamides is 1. The predicted octanol–water partition coefficient (Wildman–Crippen LogP) is 1.48. The van der Waals surface area contributed by atoms with E-state index < -0.39 is 15.9 Å². The van der Waals surface area contributed by atoms with Crippen molar-refractivity contribution in [3.63, 3.8) is 0 Å². The number of amides is 1. The Kier molecular flexibility index (Phi) is 4.92. The number of hydrogen-bond donors (Lipinski definition) is 2. The molecule has 26 heavy (non-hydrogen) atoms. The van der Waals surface area contributed by atoms with Crippen molar-refractivity contribution in [2.75, 3.05) is 13.8 Å². The summed E-state index contributed by atoms with van der Waals surface area (Å²) in [4.78, 5) is 12.4. The van der Waals surface area contributed by atoms with E-state index in [9.17, 15) is 13.2 Å². The Labute approximate surface area is 150 Å². The fourth-order valence-corrected chi connectivity index (χ4v) is 3.02. The third-order valence-electron chi connectivity index (χ3n) is 3.81. The van der Waals surface area contributed by atoms with E-state index in [-0.39, 0.29) is 11.7 Å². The van der Waals surface area contributed by atoms with Crippen LogP contribution >= 0.6 is 0 Å². The van der Waals surface area contributed by atoms with E-state index in [4.69, 9.17) is 9.47 Å². The fraction of sp³-hybridized carbons (Fsp3) is 0.176. The number of rotatable bonds is 5. The van der Waals surface area contributed by atoms with Crippen molar-refractivity contribution in [1.29, 1.82) is 0 Å². The summed E-state index contributed by atoms with van der Waals surface area (Å²) >= 11 is 0. The first-order valence-electron chi connectivity index (χ1n) is 7.69. The minimum Gasteiger partial charge on any atom is -0.454 e. The molecule has 1 amide bonds. The zero-order valence-electron chi connectivity index (χ0n) is 14.1. The highest BCUT2D eigenvalue weighted by molar-refractivity contribution is 7.89. The molecule has 0 saturated carbocycles. The van der Waals surface area contributed by atoms with Crippen molar-refractivity contribution < 1.29 is 22.7 Å². The Hall–Kier alpha value is -2.91. The summed E-state index contributed by atoms with van der Waals surface area (Å²) in [6.07, 6.45) is 0. The zero-order chi connectivity index (χ0) is 18.7. The van der Waals surface area contributed by atoms with Crippen molar-refractivity contribution in [2.45, 2.75) is 11.8 Å². The number of benzene rings is 2. The maximum Gasteiger partial charge on any atom is 0.271 e. The molecule has 0 aromatic heterocycles. The van der Waals surface area contributed by atoms with Crippen LogP contribution in [0.1, 0.15) is 22.8 Å². The minimum absolute atomic E-state index is 0.136. The Morgan fingerprint density at radius 1 is 1.04 bits per heavy atom. The normalized spacial score (nSPS) is 13.5. The maximum atomic E-state index is 12.2. The first-order chi connectivity index (χ1) is 12.4. The van der Waals surface area contributed by atoms with Crippen LogP contribution in [0, 0.1) is 0 Å². The van der Waals surface area contributed by atoms with Gasteiger partial charge in [0, 0.05) is 5.56 Å². The van der Waals surface area contributed by atoms with E-state index in [1.165, 1.54) is 19.2 Å². The lowest BCUT2D eigenvalue weighted by Gasteiger charge is -2.06. The summed E-state index contributed by atoms with van der Waals surface area (Å²) in [7, 11) is -2.14. The average Bonchev–Trinajstić information content (AvgIpc) is 3.13. The molecule has 3 rings (SSSR count). The molecule has 0 fully saturated rings. The van der Waals surface area contributed by atoms with Gasteiger partial charge < -0.3 is 9.47 Å². The molecule has 0 unspecified atom stereocenters. The molecule has 0 radical (unpaired) electrons. The minimum atomic E-state index is -3.49. The second-order valence-corrected chi connectivity index (χ2v) is 7.32. The zero-order valence-corrected chi connectivity index (χ0v) is 15.0. The topological polar surface area (TPSA) is 106 Å². The smallest absolute Gasteiger partial charge is 0.271 e. The van der Waals surface area contributed by atoms with E-state index in [1.54, 1.807) is 37.3 Å². The Balaban J connectivity index is 1.71. The van der Waals surface area contributed by atoms with Crippen LogP contribution < -0.4 is 19.6 Å². The van der Waals surface area contributed by atoms with Crippen molar-refractivity contribution in [3.05, 3.63) is 53.6 Å². The quantitative estimate of drug-likeness (QED) is 0.608. The Morgan fingerprint density at radius 2 is 1.69 bits per heavy atom. The molecule has 0 spiro atoms. The largest absolute Gasteiger partial charge is 0.454 e. The van der Waals surface area contributed by atoms with Crippen LogP contribution in [0.5, 0.6) is 11.5 Å². The number of carbonyl (C=O) groups excluding carboxylic acids is 1. The summed E-state index contributed by atoms with van der Waals surface area (Å²) in [5.41, 5.74) is 4.08. The van der Waals surface area contributed by atoms with Gasteiger partial charge in [0.25, 0.3) is 5.91 Å². The van der Waals surface area contributed by atoms with E-state index in [0.717, 1.165) is 0 Å². The molecule has 0 saturated heterocycles. The van der Waals surface area contributed by atoms with Gasteiger partial charge in [-0.25, -0.2) is 18.6 Å². The predicted molar refractivity (Wildman–Crippen MR) is 94.9 cm³/mol. The summed E-state index contributed by atoms with van der Waals surface area (Å²) in [6.45, 7) is 1.85. The highest BCUT2D eigenvalue weighted by atomic mass is 32.2. The van der Waals surface area contributed by atoms with Crippen LogP contribution in [0.15, 0.2) is 52.5 Å². The van der Waals surface area contributed by atoms with Gasteiger partial charge in [0.2, 0.25) is 16.8 Å². The number of carbonyl (C=O) groups is 1. The molecule has 9 heteroatoms. The lowest BCUT2D eigenvalue weighted by Crippen LogP contribution is -2.20. The first kappa shape index (κ1) is 17.9. The van der Waals surface area contributed by atoms with Crippen molar-refractivity contribution in [1.82, 2.24) is 10.1 Å². The Bertz CT molecular complexity index is 968. The van der Waals surface area contributed by atoms with Crippen molar-refractivity contribution >= 4 is 21.6 Å². The van der Waals surface area contributed by atoms with E-state index in [0.29, 0.717) is 28.3 Å². The molecule has 1 aliphatic rings. The molecule has 0 atom stereocenters. The molecular weight excluding hydrogens is 358 g/mol. The lowest BCUT2D eigenvalue weighted by molar-refractivity contribution is 0.0954. The SMILES string of the molecule is CNS(=O)(=O)c1ccc(/C(C)=N\NC(=O)c2ccc3c(c2)OCO3)cc1. The van der Waals surface area contributed by atoms with Gasteiger partial charge in [0.05, 0.1) is 10.6 Å². The van der Waals surface area contributed by atoms with E-state index >= 15 is 0 Å². The van der Waals surface area contributed by atoms with Crippen LogP contribution in [0.4, 0.5) is 0 Å². The van der Waals surface area contributed by atoms with Gasteiger partial charge in [-0.2, -0.15) is 5.10 Å². The number of hydrazone groups is 1. The highest BCUT2D eigenvalue weighted by Gasteiger charge is 2.16. The highest BCUT2D eigenvalue weighted by Crippen LogP contribution is 2.32. The number of nitrogens with zero attached hydrogens (tertiary/aromatic N) is 1. The van der Waals surface area contributed by atoms with Crippen molar-refractivity contribution in [2.24, 2.45) is 5.10 Å². The molecule has 1 aliphatic heterocycles. The molecule has 136 valence electrons. The second kappa shape index (κ2) is 7.14. The van der Waals surface area contributed by atoms with Gasteiger partial charge in [-0.05, 0) is 49.9 Å². The third-order valence-corrected chi connectivity index (χ3v) is 5.24. The monoisotopic (exact) mass is 375 g/mol. The molecule has 8 nitrogen and oxygen atoms in total. The molecular formula is C17H17N3O5S. The lowest BCUT2D eigenvalue weighted by atomic mass is 10.1. The fourth-order valence-electron chi connectivity index (χ4n) is 2.29. The van der Waals surface area contributed by atoms with Gasteiger partial charge >= 0.3 is 0 Å².